The second kappa shape index (κ2) is 7.05. The molecule has 1 aliphatic heterocycles. The number of hydrogen-bond acceptors (Lipinski definition) is 4. The molecule has 1 fully saturated rings. The summed E-state index contributed by atoms with van der Waals surface area (Å²) >= 11 is 0. The quantitative estimate of drug-likeness (QED) is 0.846. The van der Waals surface area contributed by atoms with Crippen LogP contribution in [0.15, 0.2) is 18.2 Å². The minimum atomic E-state index is 0.0845. The van der Waals surface area contributed by atoms with Gasteiger partial charge in [0.1, 0.15) is 5.75 Å². The smallest absolute Gasteiger partial charge is 0.159 e. The summed E-state index contributed by atoms with van der Waals surface area (Å²) in [4.78, 5) is 14.0. The van der Waals surface area contributed by atoms with Crippen LogP contribution >= 0.6 is 0 Å². The first-order valence-corrected chi connectivity index (χ1v) is 7.68. The van der Waals surface area contributed by atoms with Crippen molar-refractivity contribution in [1.29, 1.82) is 0 Å². The predicted octanol–water partition coefficient (Wildman–Crippen LogP) is 2.46. The fourth-order valence-corrected chi connectivity index (χ4v) is 3.25. The molecule has 1 saturated heterocycles. The number of hydrogen-bond donors (Lipinski definition) is 1. The average molecular weight is 290 g/mol. The Labute approximate surface area is 127 Å². The van der Waals surface area contributed by atoms with E-state index in [9.17, 15) is 4.79 Å². The minimum absolute atomic E-state index is 0.0845. The molecule has 0 radical (unpaired) electrons. The van der Waals surface area contributed by atoms with Crippen LogP contribution in [0, 0.1) is 5.92 Å². The van der Waals surface area contributed by atoms with Crippen molar-refractivity contribution < 1.29 is 9.53 Å². The highest BCUT2D eigenvalue weighted by Gasteiger charge is 2.27. The number of benzene rings is 1. The zero-order valence-corrected chi connectivity index (χ0v) is 13.3. The standard InChI is InChI=1S/C17H26N2O2/c1-12-5-4-8-19(16(12)10-18)11-15-9-14(13(2)20)6-7-17(15)21-3/h6-7,9,12,16H,4-5,8,10-11,18H2,1-3H3. The number of nitrogens with two attached hydrogens (primary N) is 1. The SMILES string of the molecule is COc1ccc(C(C)=O)cc1CN1CCCC(C)C1CN. The van der Waals surface area contributed by atoms with Crippen molar-refractivity contribution in [2.45, 2.75) is 39.3 Å². The third-order valence-corrected chi connectivity index (χ3v) is 4.53. The summed E-state index contributed by atoms with van der Waals surface area (Å²) in [5.74, 6) is 1.54. The molecular weight excluding hydrogens is 264 g/mol. The monoisotopic (exact) mass is 290 g/mol. The van der Waals surface area contributed by atoms with Gasteiger partial charge in [0.25, 0.3) is 0 Å². The molecule has 4 heteroatoms. The molecule has 2 atom stereocenters. The van der Waals surface area contributed by atoms with Gasteiger partial charge in [-0.2, -0.15) is 0 Å². The van der Waals surface area contributed by atoms with Crippen molar-refractivity contribution in [3.63, 3.8) is 0 Å². The molecule has 2 unspecified atom stereocenters. The maximum atomic E-state index is 11.6. The molecule has 2 N–H and O–H groups in total. The predicted molar refractivity (Wildman–Crippen MR) is 84.6 cm³/mol. The van der Waals surface area contributed by atoms with Crippen LogP contribution in [0.25, 0.3) is 0 Å². The molecule has 0 aliphatic carbocycles. The van der Waals surface area contributed by atoms with Crippen LogP contribution in [0.4, 0.5) is 0 Å². The number of piperidine rings is 1. The number of likely N-dealkylation sites (tertiary alicyclic amines) is 1. The van der Waals surface area contributed by atoms with E-state index in [1.165, 1.54) is 12.8 Å². The van der Waals surface area contributed by atoms with E-state index in [0.29, 0.717) is 18.5 Å². The van der Waals surface area contributed by atoms with Crippen LogP contribution < -0.4 is 10.5 Å². The highest BCUT2D eigenvalue weighted by molar-refractivity contribution is 5.94. The molecule has 0 bridgehead atoms. The van der Waals surface area contributed by atoms with Crippen molar-refractivity contribution in [1.82, 2.24) is 4.90 Å². The third kappa shape index (κ3) is 3.63. The second-order valence-corrected chi connectivity index (χ2v) is 5.98. The zero-order valence-electron chi connectivity index (χ0n) is 13.3. The van der Waals surface area contributed by atoms with Gasteiger partial charge >= 0.3 is 0 Å². The van der Waals surface area contributed by atoms with Crippen LogP contribution in [0.2, 0.25) is 0 Å². The Hall–Kier alpha value is -1.39. The van der Waals surface area contributed by atoms with Crippen molar-refractivity contribution in [3.8, 4) is 5.75 Å². The van der Waals surface area contributed by atoms with Gasteiger partial charge < -0.3 is 10.5 Å². The zero-order chi connectivity index (χ0) is 15.4. The number of Topliss-reactive ketones (excluding diaryl/α,β-unsaturated/α-hetero) is 1. The third-order valence-electron chi connectivity index (χ3n) is 4.53. The Balaban J connectivity index is 2.24. The molecular formula is C17H26N2O2. The minimum Gasteiger partial charge on any atom is -0.496 e. The molecule has 2 rings (SSSR count). The maximum absolute atomic E-state index is 11.6. The maximum Gasteiger partial charge on any atom is 0.159 e. The Morgan fingerprint density at radius 1 is 1.48 bits per heavy atom. The molecule has 1 aromatic carbocycles. The van der Waals surface area contributed by atoms with Crippen LogP contribution in [-0.4, -0.2) is 36.9 Å². The Morgan fingerprint density at radius 2 is 2.24 bits per heavy atom. The molecule has 0 amide bonds. The summed E-state index contributed by atoms with van der Waals surface area (Å²) in [6.07, 6.45) is 2.44. The van der Waals surface area contributed by atoms with Gasteiger partial charge in [0.05, 0.1) is 7.11 Å². The van der Waals surface area contributed by atoms with Gasteiger partial charge in [-0.1, -0.05) is 6.92 Å². The molecule has 0 aromatic heterocycles. The first-order valence-electron chi connectivity index (χ1n) is 7.68. The second-order valence-electron chi connectivity index (χ2n) is 5.98. The molecule has 4 nitrogen and oxygen atoms in total. The lowest BCUT2D eigenvalue weighted by molar-refractivity contribution is 0.0977. The van der Waals surface area contributed by atoms with Crippen LogP contribution in [-0.2, 0) is 6.54 Å². The Kier molecular flexibility index (Phi) is 5.37. The largest absolute Gasteiger partial charge is 0.496 e. The highest BCUT2D eigenvalue weighted by Crippen LogP contribution is 2.28. The fourth-order valence-electron chi connectivity index (χ4n) is 3.25. The Morgan fingerprint density at radius 3 is 2.86 bits per heavy atom. The lowest BCUT2D eigenvalue weighted by Gasteiger charge is -2.39. The fraction of sp³-hybridized carbons (Fsp3) is 0.588. The summed E-state index contributed by atoms with van der Waals surface area (Å²) in [7, 11) is 1.67. The van der Waals surface area contributed by atoms with E-state index in [-0.39, 0.29) is 5.78 Å². The number of nitrogens with zero attached hydrogens (tertiary/aromatic N) is 1. The van der Waals surface area contributed by atoms with E-state index in [4.69, 9.17) is 10.5 Å². The van der Waals surface area contributed by atoms with Crippen LogP contribution in [0.1, 0.15) is 42.6 Å². The number of ether oxygens (including phenoxy) is 1. The van der Waals surface area contributed by atoms with Gasteiger partial charge in [-0.05, 0) is 50.4 Å². The molecule has 0 saturated carbocycles. The van der Waals surface area contributed by atoms with Crippen molar-refractivity contribution in [3.05, 3.63) is 29.3 Å². The number of ketones is 1. The van der Waals surface area contributed by atoms with Gasteiger partial charge in [0.15, 0.2) is 5.78 Å². The van der Waals surface area contributed by atoms with E-state index in [1.54, 1.807) is 14.0 Å². The van der Waals surface area contributed by atoms with Crippen LogP contribution in [0.5, 0.6) is 5.75 Å². The van der Waals surface area contributed by atoms with Crippen molar-refractivity contribution in [2.75, 3.05) is 20.2 Å². The summed E-state index contributed by atoms with van der Waals surface area (Å²) in [5, 5.41) is 0. The van der Waals surface area contributed by atoms with Crippen LogP contribution in [0.3, 0.4) is 0 Å². The van der Waals surface area contributed by atoms with Crippen molar-refractivity contribution in [2.24, 2.45) is 11.7 Å². The van der Waals surface area contributed by atoms with Crippen molar-refractivity contribution >= 4 is 5.78 Å². The molecule has 1 aromatic rings. The van der Waals surface area contributed by atoms with Gasteiger partial charge in [0.2, 0.25) is 0 Å². The summed E-state index contributed by atoms with van der Waals surface area (Å²) in [6.45, 7) is 6.39. The van der Waals surface area contributed by atoms with E-state index in [1.807, 2.05) is 18.2 Å². The van der Waals surface area contributed by atoms with E-state index in [0.717, 1.165) is 30.0 Å². The Bertz CT molecular complexity index is 502. The number of carbonyl (C=O) groups is 1. The summed E-state index contributed by atoms with van der Waals surface area (Å²) < 4.78 is 5.45. The lowest BCUT2D eigenvalue weighted by Crippen LogP contribution is -2.48. The first-order chi connectivity index (χ1) is 10.1. The van der Waals surface area contributed by atoms with Gasteiger partial charge in [-0.3, -0.25) is 9.69 Å². The van der Waals surface area contributed by atoms with E-state index >= 15 is 0 Å². The molecule has 21 heavy (non-hydrogen) atoms. The van der Waals surface area contributed by atoms with Gasteiger partial charge in [0, 0.05) is 30.3 Å². The van der Waals surface area contributed by atoms with Gasteiger partial charge in [-0.25, -0.2) is 0 Å². The van der Waals surface area contributed by atoms with Gasteiger partial charge in [-0.15, -0.1) is 0 Å². The van der Waals surface area contributed by atoms with E-state index in [2.05, 4.69) is 11.8 Å². The first kappa shape index (κ1) is 16.0. The topological polar surface area (TPSA) is 55.6 Å². The molecule has 116 valence electrons. The molecule has 1 heterocycles. The lowest BCUT2D eigenvalue weighted by atomic mass is 9.90. The highest BCUT2D eigenvalue weighted by atomic mass is 16.5. The molecule has 1 aliphatic rings. The summed E-state index contributed by atoms with van der Waals surface area (Å²) in [5.41, 5.74) is 7.76. The average Bonchev–Trinajstić information content (AvgIpc) is 2.47. The number of carbonyl (C=O) groups excluding carboxylic acids is 1. The number of rotatable bonds is 5. The normalized spacial score (nSPS) is 23.0. The molecule has 0 spiro atoms. The summed E-state index contributed by atoms with van der Waals surface area (Å²) in [6, 6.07) is 6.07. The number of methoxy groups -OCH3 is 1. The van der Waals surface area contributed by atoms with E-state index < -0.39 is 0 Å².